The molecule has 0 heterocycles. The van der Waals surface area contributed by atoms with Gasteiger partial charge in [0, 0.05) is 7.05 Å². The van der Waals surface area contributed by atoms with Crippen LogP contribution in [0.3, 0.4) is 0 Å². The quantitative estimate of drug-likeness (QED) is 0.0414. The van der Waals surface area contributed by atoms with E-state index < -0.39 is 30.6 Å². The molecule has 0 aliphatic carbocycles. The van der Waals surface area contributed by atoms with Gasteiger partial charge in [-0.1, -0.05) is 10.1 Å². The molecule has 0 atom stereocenters. The van der Waals surface area contributed by atoms with E-state index in [2.05, 4.69) is 34.3 Å². The van der Waals surface area contributed by atoms with Crippen LogP contribution in [0.4, 0.5) is 22.7 Å². The van der Waals surface area contributed by atoms with E-state index in [4.69, 9.17) is 20.4 Å². The van der Waals surface area contributed by atoms with Crippen LogP contribution in [0.2, 0.25) is 0 Å². The number of benzene rings is 2. The summed E-state index contributed by atoms with van der Waals surface area (Å²) in [6.07, 6.45) is 0. The van der Waals surface area contributed by atoms with Crippen LogP contribution in [0.15, 0.2) is 55.2 Å². The van der Waals surface area contributed by atoms with Crippen molar-refractivity contribution in [2.45, 2.75) is 14.7 Å². The van der Waals surface area contributed by atoms with Crippen molar-refractivity contribution in [1.82, 2.24) is 0 Å². The molecule has 0 saturated carbocycles. The first-order valence-electron chi connectivity index (χ1n) is 8.82. The second kappa shape index (κ2) is 13.3. The van der Waals surface area contributed by atoms with Crippen molar-refractivity contribution < 1.29 is 54.8 Å². The minimum absolute atomic E-state index is 0.0231. The second-order valence-electron chi connectivity index (χ2n) is 6.04. The summed E-state index contributed by atoms with van der Waals surface area (Å²) in [5.74, 6) is -0.480. The summed E-state index contributed by atoms with van der Waals surface area (Å²) in [4.78, 5) is -0.729. The molecule has 0 spiro atoms. The minimum atomic E-state index is -4.65. The molecule has 20 heteroatoms. The molecular formula is C15H18N4O12S4. The number of anilines is 2. The number of nitrogens with one attached hydrogen (secondary N) is 1. The van der Waals surface area contributed by atoms with E-state index in [1.54, 1.807) is 0 Å². The number of nitrogen functional groups attached to an aromatic ring is 1. The number of hydrogen-bond acceptors (Lipinski definition) is 17. The standard InChI is InChI=1S/C15H18N4O12S4/c1-17-12-7-10(16)15(35(24,25)26)8-13(12)19-18-11-3-2-9(6-14(11)32-30-28-20)34(22,23)5-4-27-33-31-29-21/h2-3,6-8,17,20-21H,4-5,16H2,1H3,(H,24,25,26). The fourth-order valence-corrected chi connectivity index (χ4v) is 5.01. The lowest BCUT2D eigenvalue weighted by Gasteiger charge is -2.10. The lowest BCUT2D eigenvalue weighted by atomic mass is 10.2. The number of rotatable bonds is 14. The summed E-state index contributed by atoms with van der Waals surface area (Å²) in [6, 6.07) is 5.84. The third kappa shape index (κ3) is 8.52. The Kier molecular flexibility index (Phi) is 11.1. The normalized spacial score (nSPS) is 12.3. The molecule has 0 amide bonds. The summed E-state index contributed by atoms with van der Waals surface area (Å²) >= 11 is 0.623. The molecule has 0 radical (unpaired) electrons. The number of nitrogens with two attached hydrogens (primary N) is 1. The fraction of sp³-hybridized carbons (Fsp3) is 0.200. The molecule has 0 saturated heterocycles. The highest BCUT2D eigenvalue weighted by Gasteiger charge is 2.19. The van der Waals surface area contributed by atoms with Gasteiger partial charge >= 0.3 is 0 Å². The molecule has 0 aliphatic rings. The Morgan fingerprint density at radius 3 is 2.34 bits per heavy atom. The third-order valence-electron chi connectivity index (χ3n) is 3.93. The molecule has 16 nitrogen and oxygen atoms in total. The Morgan fingerprint density at radius 2 is 1.71 bits per heavy atom. The monoisotopic (exact) mass is 574 g/mol. The first kappa shape index (κ1) is 29.2. The zero-order valence-electron chi connectivity index (χ0n) is 17.4. The van der Waals surface area contributed by atoms with Crippen molar-refractivity contribution in [3.63, 3.8) is 0 Å². The summed E-state index contributed by atoms with van der Waals surface area (Å²) in [5.41, 5.74) is 5.72. The zero-order chi connectivity index (χ0) is 26.1. The van der Waals surface area contributed by atoms with Crippen LogP contribution in [0.5, 0.6) is 0 Å². The van der Waals surface area contributed by atoms with E-state index in [1.807, 2.05) is 0 Å². The molecule has 35 heavy (non-hydrogen) atoms. The van der Waals surface area contributed by atoms with Gasteiger partial charge in [-0.15, -0.1) is 18.9 Å². The van der Waals surface area contributed by atoms with Gasteiger partial charge in [0.15, 0.2) is 22.2 Å². The predicted octanol–water partition coefficient (Wildman–Crippen LogP) is 3.18. The first-order chi connectivity index (χ1) is 16.5. The Labute approximate surface area is 207 Å². The van der Waals surface area contributed by atoms with E-state index >= 15 is 0 Å². The van der Waals surface area contributed by atoms with Gasteiger partial charge in [-0.2, -0.15) is 8.42 Å². The number of hydrogen-bond donors (Lipinski definition) is 5. The maximum Gasteiger partial charge on any atom is 0.296 e. The SMILES string of the molecule is CNc1cc(N)c(S(=O)(=O)O)cc1N=Nc1ccc(S(=O)(=O)CCOSOOO)cc1SOOO. The summed E-state index contributed by atoms with van der Waals surface area (Å²) < 4.78 is 70.6. The average molecular weight is 575 g/mol. The van der Waals surface area contributed by atoms with Gasteiger partial charge in [-0.3, -0.25) is 8.74 Å². The van der Waals surface area contributed by atoms with Crippen LogP contribution >= 0.6 is 24.4 Å². The number of sulfone groups is 1. The van der Waals surface area contributed by atoms with Crippen LogP contribution in [0, 0.1) is 0 Å². The maximum absolute atomic E-state index is 12.5. The van der Waals surface area contributed by atoms with Crippen molar-refractivity contribution in [2.75, 3.05) is 30.5 Å². The summed E-state index contributed by atoms with van der Waals surface area (Å²) in [5, 5.41) is 33.9. The van der Waals surface area contributed by atoms with E-state index in [9.17, 15) is 21.4 Å². The average Bonchev–Trinajstić information content (AvgIpc) is 2.80. The minimum Gasteiger partial charge on any atom is -0.398 e. The molecular weight excluding hydrogens is 556 g/mol. The van der Waals surface area contributed by atoms with Crippen LogP contribution in [-0.4, -0.2) is 51.3 Å². The largest absolute Gasteiger partial charge is 0.398 e. The summed E-state index contributed by atoms with van der Waals surface area (Å²) in [6.45, 7) is -0.323. The van der Waals surface area contributed by atoms with Gasteiger partial charge in [0.05, 0.1) is 45.6 Å². The molecule has 0 unspecified atom stereocenters. The lowest BCUT2D eigenvalue weighted by molar-refractivity contribution is -0.434. The van der Waals surface area contributed by atoms with Crippen LogP contribution < -0.4 is 11.1 Å². The van der Waals surface area contributed by atoms with Crippen molar-refractivity contribution in [1.29, 1.82) is 0 Å². The third-order valence-corrected chi connectivity index (χ3v) is 7.53. The molecule has 0 aliphatic heterocycles. The van der Waals surface area contributed by atoms with E-state index in [0.29, 0.717) is 12.0 Å². The lowest BCUT2D eigenvalue weighted by Crippen LogP contribution is -2.11. The predicted molar refractivity (Wildman–Crippen MR) is 122 cm³/mol. The Balaban J connectivity index is 2.39. The highest BCUT2D eigenvalue weighted by molar-refractivity contribution is 7.95. The van der Waals surface area contributed by atoms with Crippen molar-refractivity contribution in [3.05, 3.63) is 30.3 Å². The van der Waals surface area contributed by atoms with Gasteiger partial charge in [0.25, 0.3) is 10.1 Å². The van der Waals surface area contributed by atoms with E-state index in [0.717, 1.165) is 12.1 Å². The first-order valence-corrected chi connectivity index (χ1v) is 13.3. The van der Waals surface area contributed by atoms with Crippen molar-refractivity contribution >= 4 is 67.1 Å². The van der Waals surface area contributed by atoms with E-state index in [-0.39, 0.29) is 51.5 Å². The highest BCUT2D eigenvalue weighted by Crippen LogP contribution is 2.37. The van der Waals surface area contributed by atoms with Gasteiger partial charge < -0.3 is 11.1 Å². The molecule has 194 valence electrons. The van der Waals surface area contributed by atoms with Gasteiger partial charge in [0.2, 0.25) is 0 Å². The Hall–Kier alpha value is -2.08. The van der Waals surface area contributed by atoms with Gasteiger partial charge in [-0.05, 0) is 30.3 Å². The zero-order valence-corrected chi connectivity index (χ0v) is 20.7. The van der Waals surface area contributed by atoms with Crippen LogP contribution in [0.25, 0.3) is 0 Å². The van der Waals surface area contributed by atoms with E-state index in [1.165, 1.54) is 25.2 Å². The van der Waals surface area contributed by atoms with Crippen LogP contribution in [-0.2, 0) is 42.9 Å². The van der Waals surface area contributed by atoms with Crippen molar-refractivity contribution in [3.8, 4) is 0 Å². The Bertz CT molecular complexity index is 1260. The molecule has 0 bridgehead atoms. The smallest absolute Gasteiger partial charge is 0.296 e. The maximum atomic E-state index is 12.5. The number of nitrogens with zero attached hydrogens (tertiary/aromatic N) is 2. The number of azo groups is 1. The second-order valence-corrected chi connectivity index (χ2v) is 10.8. The molecule has 0 fully saturated rings. The molecule has 2 aromatic rings. The van der Waals surface area contributed by atoms with Gasteiger partial charge in [-0.25, -0.2) is 18.9 Å². The highest BCUT2D eigenvalue weighted by atomic mass is 32.2. The van der Waals surface area contributed by atoms with Crippen molar-refractivity contribution in [2.24, 2.45) is 10.2 Å². The van der Waals surface area contributed by atoms with Gasteiger partial charge in [0.1, 0.15) is 16.3 Å². The van der Waals surface area contributed by atoms with Crippen LogP contribution in [0.1, 0.15) is 0 Å². The molecule has 6 N–H and O–H groups in total. The molecule has 0 aromatic heterocycles. The Morgan fingerprint density at radius 1 is 1.03 bits per heavy atom. The topological polar surface area (TPSA) is 238 Å². The molecule has 2 aromatic carbocycles. The summed E-state index contributed by atoms with van der Waals surface area (Å²) in [7, 11) is -7.01. The fourth-order valence-electron chi connectivity index (χ4n) is 2.42. The molecule has 2 rings (SSSR count).